The topological polar surface area (TPSA) is 62.3 Å². The Bertz CT molecular complexity index is 790. The Hall–Kier alpha value is -2.28. The molecule has 0 spiro atoms. The van der Waals surface area contributed by atoms with Crippen LogP contribution in [0.1, 0.15) is 37.4 Å². The van der Waals surface area contributed by atoms with Crippen LogP contribution in [0.3, 0.4) is 0 Å². The number of benzene rings is 1. The maximum Gasteiger partial charge on any atom is 0.231 e. The van der Waals surface area contributed by atoms with Gasteiger partial charge in [0.15, 0.2) is 5.13 Å². The summed E-state index contributed by atoms with van der Waals surface area (Å²) in [5.74, 6) is -0.724. The van der Waals surface area contributed by atoms with Gasteiger partial charge in [-0.2, -0.15) is 0 Å². The molecule has 1 saturated heterocycles. The molecule has 3 rings (SSSR count). The second-order valence-corrected chi connectivity index (χ2v) is 7.38. The number of nitrogens with zero attached hydrogens (tertiary/aromatic N) is 2. The maximum absolute atomic E-state index is 13.3. The minimum absolute atomic E-state index is 0.0913. The number of amides is 2. The molecule has 1 atom stereocenters. The van der Waals surface area contributed by atoms with E-state index in [2.05, 4.69) is 10.3 Å². The lowest BCUT2D eigenvalue weighted by molar-refractivity contribution is -0.128. The monoisotopic (exact) mass is 361 g/mol. The molecule has 1 fully saturated rings. The van der Waals surface area contributed by atoms with Crippen LogP contribution in [-0.2, 0) is 16.1 Å². The Kier molecular flexibility index (Phi) is 5.13. The predicted molar refractivity (Wildman–Crippen MR) is 94.8 cm³/mol. The fourth-order valence-electron chi connectivity index (χ4n) is 2.77. The van der Waals surface area contributed by atoms with Gasteiger partial charge in [-0.15, -0.1) is 11.3 Å². The Morgan fingerprint density at radius 2 is 2.28 bits per heavy atom. The van der Waals surface area contributed by atoms with Crippen LogP contribution in [0.5, 0.6) is 0 Å². The van der Waals surface area contributed by atoms with Crippen molar-refractivity contribution in [3.05, 3.63) is 46.7 Å². The van der Waals surface area contributed by atoms with Gasteiger partial charge in [0.1, 0.15) is 5.82 Å². The normalized spacial score (nSPS) is 17.4. The van der Waals surface area contributed by atoms with E-state index >= 15 is 0 Å². The van der Waals surface area contributed by atoms with Crippen molar-refractivity contribution in [2.75, 3.05) is 11.9 Å². The van der Waals surface area contributed by atoms with E-state index in [1.807, 2.05) is 19.2 Å². The van der Waals surface area contributed by atoms with Crippen LogP contribution in [0.2, 0.25) is 0 Å². The van der Waals surface area contributed by atoms with E-state index in [9.17, 15) is 14.0 Å². The molecule has 1 aliphatic rings. The number of likely N-dealkylation sites (tertiary alicyclic amines) is 1. The minimum Gasteiger partial charge on any atom is -0.338 e. The van der Waals surface area contributed by atoms with Crippen molar-refractivity contribution >= 4 is 28.3 Å². The van der Waals surface area contributed by atoms with Crippen molar-refractivity contribution in [1.29, 1.82) is 0 Å². The smallest absolute Gasteiger partial charge is 0.231 e. The fraction of sp³-hybridized carbons (Fsp3) is 0.389. The second-order valence-electron chi connectivity index (χ2n) is 6.53. The summed E-state index contributed by atoms with van der Waals surface area (Å²) in [4.78, 5) is 30.6. The summed E-state index contributed by atoms with van der Waals surface area (Å²) in [6.07, 6.45) is 0.170. The van der Waals surface area contributed by atoms with Gasteiger partial charge in [0.25, 0.3) is 0 Å². The molecule has 0 saturated carbocycles. The first-order chi connectivity index (χ1) is 11.9. The summed E-state index contributed by atoms with van der Waals surface area (Å²) in [7, 11) is 0. The average Bonchev–Trinajstić information content (AvgIpc) is 3.15. The van der Waals surface area contributed by atoms with E-state index in [-0.39, 0.29) is 24.1 Å². The lowest BCUT2D eigenvalue weighted by Crippen LogP contribution is -2.28. The van der Waals surface area contributed by atoms with Crippen LogP contribution in [0.25, 0.3) is 0 Å². The quantitative estimate of drug-likeness (QED) is 0.888. The van der Waals surface area contributed by atoms with Crippen LogP contribution in [0.4, 0.5) is 9.52 Å². The molecule has 7 heteroatoms. The zero-order valence-electron chi connectivity index (χ0n) is 14.2. The summed E-state index contributed by atoms with van der Waals surface area (Å²) in [5, 5.41) is 5.29. The molecular weight excluding hydrogens is 341 g/mol. The standard InChI is InChI=1S/C18H20FN3O2S/c1-11(2)15-10-25-18(20-15)21-17(24)13-7-16(23)22(9-13)8-12-4-3-5-14(19)6-12/h3-6,10-11,13H,7-9H2,1-2H3,(H,20,21,24). The van der Waals surface area contributed by atoms with Gasteiger partial charge in [-0.05, 0) is 23.6 Å². The molecule has 0 bridgehead atoms. The average molecular weight is 361 g/mol. The van der Waals surface area contributed by atoms with Gasteiger partial charge < -0.3 is 10.2 Å². The summed E-state index contributed by atoms with van der Waals surface area (Å²) in [5.41, 5.74) is 1.66. The lowest BCUT2D eigenvalue weighted by Gasteiger charge is -2.16. The third-order valence-corrected chi connectivity index (χ3v) is 4.97. The van der Waals surface area contributed by atoms with E-state index in [1.54, 1.807) is 17.0 Å². The zero-order valence-corrected chi connectivity index (χ0v) is 15.0. The lowest BCUT2D eigenvalue weighted by atomic mass is 10.1. The SMILES string of the molecule is CC(C)c1csc(NC(=O)C2CC(=O)N(Cc3cccc(F)c3)C2)n1. The number of thiazole rings is 1. The van der Waals surface area contributed by atoms with E-state index in [0.29, 0.717) is 24.1 Å². The first kappa shape index (κ1) is 17.5. The van der Waals surface area contributed by atoms with Crippen molar-refractivity contribution < 1.29 is 14.0 Å². The van der Waals surface area contributed by atoms with Crippen molar-refractivity contribution in [3.63, 3.8) is 0 Å². The number of halogens is 1. The number of carbonyl (C=O) groups is 2. The maximum atomic E-state index is 13.3. The van der Waals surface area contributed by atoms with Gasteiger partial charge in [-0.3, -0.25) is 9.59 Å². The molecule has 2 amide bonds. The molecular formula is C18H20FN3O2S. The Labute approximate surface area is 149 Å². The molecule has 0 radical (unpaired) electrons. The summed E-state index contributed by atoms with van der Waals surface area (Å²) in [6, 6.07) is 6.16. The number of nitrogens with one attached hydrogen (secondary N) is 1. The Balaban J connectivity index is 1.60. The van der Waals surface area contributed by atoms with Gasteiger partial charge in [0.05, 0.1) is 11.6 Å². The molecule has 1 aliphatic heterocycles. The third-order valence-electron chi connectivity index (χ3n) is 4.19. The molecule has 5 nitrogen and oxygen atoms in total. The molecule has 1 N–H and O–H groups in total. The van der Waals surface area contributed by atoms with Crippen LogP contribution in [-0.4, -0.2) is 28.2 Å². The zero-order chi connectivity index (χ0) is 18.0. The number of hydrogen-bond acceptors (Lipinski definition) is 4. The van der Waals surface area contributed by atoms with Crippen molar-refractivity contribution in [2.24, 2.45) is 5.92 Å². The largest absolute Gasteiger partial charge is 0.338 e. The first-order valence-corrected chi connectivity index (χ1v) is 9.09. The van der Waals surface area contributed by atoms with E-state index < -0.39 is 5.92 Å². The molecule has 25 heavy (non-hydrogen) atoms. The number of hydrogen-bond donors (Lipinski definition) is 1. The van der Waals surface area contributed by atoms with Gasteiger partial charge in [0.2, 0.25) is 11.8 Å². The fourth-order valence-corrected chi connectivity index (χ4v) is 3.65. The van der Waals surface area contributed by atoms with Gasteiger partial charge in [-0.25, -0.2) is 9.37 Å². The Morgan fingerprint density at radius 1 is 1.48 bits per heavy atom. The van der Waals surface area contributed by atoms with Crippen LogP contribution >= 0.6 is 11.3 Å². The number of carbonyl (C=O) groups excluding carboxylic acids is 2. The number of aromatic nitrogens is 1. The second kappa shape index (κ2) is 7.31. The van der Waals surface area contributed by atoms with E-state index in [1.165, 1.54) is 23.5 Å². The summed E-state index contributed by atoms with van der Waals surface area (Å²) in [6.45, 7) is 4.74. The van der Waals surface area contributed by atoms with Gasteiger partial charge >= 0.3 is 0 Å². The molecule has 2 heterocycles. The van der Waals surface area contributed by atoms with Crippen LogP contribution < -0.4 is 5.32 Å². The summed E-state index contributed by atoms with van der Waals surface area (Å²) < 4.78 is 13.3. The minimum atomic E-state index is -0.410. The highest BCUT2D eigenvalue weighted by Crippen LogP contribution is 2.25. The molecule has 1 aromatic carbocycles. The van der Waals surface area contributed by atoms with Gasteiger partial charge in [0, 0.05) is 24.9 Å². The van der Waals surface area contributed by atoms with Crippen LogP contribution in [0.15, 0.2) is 29.6 Å². The predicted octanol–water partition coefficient (Wildman–Crippen LogP) is 3.39. The molecule has 1 aromatic heterocycles. The molecule has 0 aliphatic carbocycles. The highest BCUT2D eigenvalue weighted by molar-refractivity contribution is 7.13. The number of anilines is 1. The van der Waals surface area contributed by atoms with Crippen LogP contribution in [0, 0.1) is 11.7 Å². The number of rotatable bonds is 5. The highest BCUT2D eigenvalue weighted by Gasteiger charge is 2.34. The van der Waals surface area contributed by atoms with Gasteiger partial charge in [-0.1, -0.05) is 26.0 Å². The third kappa shape index (κ3) is 4.22. The molecule has 1 unspecified atom stereocenters. The van der Waals surface area contributed by atoms with E-state index in [4.69, 9.17) is 0 Å². The van der Waals surface area contributed by atoms with E-state index in [0.717, 1.165) is 11.3 Å². The van der Waals surface area contributed by atoms with Crippen molar-refractivity contribution in [3.8, 4) is 0 Å². The van der Waals surface area contributed by atoms with Crippen molar-refractivity contribution in [2.45, 2.75) is 32.7 Å². The first-order valence-electron chi connectivity index (χ1n) is 8.21. The van der Waals surface area contributed by atoms with Crippen molar-refractivity contribution in [1.82, 2.24) is 9.88 Å². The summed E-state index contributed by atoms with van der Waals surface area (Å²) >= 11 is 1.39. The Morgan fingerprint density at radius 3 is 2.96 bits per heavy atom. The molecule has 2 aromatic rings. The highest BCUT2D eigenvalue weighted by atomic mass is 32.1. The molecule has 132 valence electrons.